The van der Waals surface area contributed by atoms with E-state index in [4.69, 9.17) is 10.5 Å². The third kappa shape index (κ3) is 2.49. The highest BCUT2D eigenvalue weighted by Gasteiger charge is 2.29. The topological polar surface area (TPSA) is 38.5 Å². The number of rotatable bonds is 4. The Hall–Kier alpha value is 0.0600. The minimum atomic E-state index is 0.328. The van der Waals surface area contributed by atoms with Gasteiger partial charge in [0, 0.05) is 36.1 Å². The van der Waals surface area contributed by atoms with E-state index in [-0.39, 0.29) is 0 Å². The van der Waals surface area contributed by atoms with Crippen LogP contribution in [0.1, 0.15) is 17.3 Å². The molecule has 16 heavy (non-hydrogen) atoms. The first-order valence-electron chi connectivity index (χ1n) is 5.46. The van der Waals surface area contributed by atoms with E-state index in [2.05, 4.69) is 32.3 Å². The van der Waals surface area contributed by atoms with E-state index >= 15 is 0 Å². The molecule has 0 bridgehead atoms. The molecule has 1 aliphatic heterocycles. The number of ether oxygens (including phenoxy) is 1. The molecule has 2 rings (SSSR count). The Morgan fingerprint density at radius 3 is 3.06 bits per heavy atom. The first kappa shape index (κ1) is 12.5. The van der Waals surface area contributed by atoms with Crippen molar-refractivity contribution in [2.75, 3.05) is 26.7 Å². The Balaban J connectivity index is 2.09. The van der Waals surface area contributed by atoms with Gasteiger partial charge in [-0.2, -0.15) is 0 Å². The maximum atomic E-state index is 5.90. The van der Waals surface area contributed by atoms with Crippen molar-refractivity contribution in [1.82, 2.24) is 4.90 Å². The average Bonchev–Trinajstić information content (AvgIpc) is 2.90. The summed E-state index contributed by atoms with van der Waals surface area (Å²) in [6.07, 6.45) is 1.48. The first-order chi connectivity index (χ1) is 7.76. The van der Waals surface area contributed by atoms with E-state index in [1.54, 1.807) is 18.4 Å². The lowest BCUT2D eigenvalue weighted by atomic mass is 10.2. The summed E-state index contributed by atoms with van der Waals surface area (Å²) in [6.45, 7) is 2.73. The van der Waals surface area contributed by atoms with Crippen LogP contribution in [-0.2, 0) is 4.74 Å². The van der Waals surface area contributed by atoms with Crippen LogP contribution in [0.25, 0.3) is 0 Å². The van der Waals surface area contributed by atoms with E-state index in [9.17, 15) is 0 Å². The molecule has 0 spiro atoms. The molecule has 1 aliphatic rings. The van der Waals surface area contributed by atoms with Crippen molar-refractivity contribution in [3.63, 3.8) is 0 Å². The zero-order valence-electron chi connectivity index (χ0n) is 9.36. The Labute approximate surface area is 109 Å². The highest BCUT2D eigenvalue weighted by Crippen LogP contribution is 2.34. The molecule has 3 nitrogen and oxygen atoms in total. The first-order valence-corrected chi connectivity index (χ1v) is 7.13. The van der Waals surface area contributed by atoms with Gasteiger partial charge >= 0.3 is 0 Å². The number of methoxy groups -OCH3 is 1. The lowest BCUT2D eigenvalue weighted by molar-refractivity contribution is 0.102. The largest absolute Gasteiger partial charge is 0.380 e. The molecular weight excluding hydrogens is 288 g/mol. The fourth-order valence-corrected chi connectivity index (χ4v) is 3.98. The zero-order chi connectivity index (χ0) is 11.5. The SMILES string of the molecule is COC1CCN(C(CN)c2sccc2Br)C1. The van der Waals surface area contributed by atoms with Gasteiger partial charge in [0.1, 0.15) is 0 Å². The molecule has 2 unspecified atom stereocenters. The number of hydrogen-bond donors (Lipinski definition) is 1. The van der Waals surface area contributed by atoms with Crippen LogP contribution in [-0.4, -0.2) is 37.7 Å². The standard InChI is InChI=1S/C11H17BrN2OS/c1-15-8-2-4-14(7-8)10(6-13)11-9(12)3-5-16-11/h3,5,8,10H,2,4,6-7,13H2,1H3. The molecule has 1 aromatic heterocycles. The average molecular weight is 305 g/mol. The number of likely N-dealkylation sites (tertiary alicyclic amines) is 1. The molecule has 90 valence electrons. The van der Waals surface area contributed by atoms with Crippen LogP contribution in [0.3, 0.4) is 0 Å². The van der Waals surface area contributed by atoms with E-state index < -0.39 is 0 Å². The van der Waals surface area contributed by atoms with Gasteiger partial charge in [0.15, 0.2) is 0 Å². The van der Waals surface area contributed by atoms with E-state index in [1.165, 1.54) is 9.35 Å². The lowest BCUT2D eigenvalue weighted by Gasteiger charge is -2.26. The van der Waals surface area contributed by atoms with Crippen LogP contribution in [0.15, 0.2) is 15.9 Å². The number of halogens is 1. The number of thiophene rings is 1. The van der Waals surface area contributed by atoms with Crippen molar-refractivity contribution in [2.45, 2.75) is 18.6 Å². The van der Waals surface area contributed by atoms with Gasteiger partial charge in [0.2, 0.25) is 0 Å². The van der Waals surface area contributed by atoms with Gasteiger partial charge in [-0.25, -0.2) is 0 Å². The predicted molar refractivity (Wildman–Crippen MR) is 70.8 cm³/mol. The second-order valence-electron chi connectivity index (χ2n) is 4.03. The van der Waals surface area contributed by atoms with Crippen molar-refractivity contribution in [1.29, 1.82) is 0 Å². The van der Waals surface area contributed by atoms with Crippen molar-refractivity contribution in [3.8, 4) is 0 Å². The lowest BCUT2D eigenvalue weighted by Crippen LogP contribution is -2.32. The van der Waals surface area contributed by atoms with Gasteiger partial charge < -0.3 is 10.5 Å². The second-order valence-corrected chi connectivity index (χ2v) is 5.83. The van der Waals surface area contributed by atoms with Crippen LogP contribution < -0.4 is 5.73 Å². The van der Waals surface area contributed by atoms with Gasteiger partial charge in [-0.3, -0.25) is 4.90 Å². The van der Waals surface area contributed by atoms with Crippen molar-refractivity contribution in [3.05, 3.63) is 20.8 Å². The van der Waals surface area contributed by atoms with Crippen molar-refractivity contribution < 1.29 is 4.74 Å². The molecular formula is C11H17BrN2OS. The molecule has 0 aliphatic carbocycles. The zero-order valence-corrected chi connectivity index (χ0v) is 11.8. The minimum Gasteiger partial charge on any atom is -0.380 e. The Morgan fingerprint density at radius 1 is 1.75 bits per heavy atom. The van der Waals surface area contributed by atoms with Crippen LogP contribution >= 0.6 is 27.3 Å². The Kier molecular flexibility index (Phi) is 4.38. The number of nitrogens with zero attached hydrogens (tertiary/aromatic N) is 1. The van der Waals surface area contributed by atoms with Crippen LogP contribution in [0.5, 0.6) is 0 Å². The quantitative estimate of drug-likeness (QED) is 0.927. The highest BCUT2D eigenvalue weighted by molar-refractivity contribution is 9.10. The molecule has 0 aromatic carbocycles. The molecule has 2 N–H and O–H groups in total. The predicted octanol–water partition coefficient (Wildman–Crippen LogP) is 2.23. The number of hydrogen-bond acceptors (Lipinski definition) is 4. The summed E-state index contributed by atoms with van der Waals surface area (Å²) in [7, 11) is 1.78. The third-order valence-corrected chi connectivity index (χ3v) is 5.09. The van der Waals surface area contributed by atoms with Crippen LogP contribution in [0, 0.1) is 0 Å². The fraction of sp³-hybridized carbons (Fsp3) is 0.636. The van der Waals surface area contributed by atoms with Gasteiger partial charge in [0.05, 0.1) is 12.1 Å². The summed E-state index contributed by atoms with van der Waals surface area (Å²) in [6, 6.07) is 2.42. The van der Waals surface area contributed by atoms with E-state index in [1.807, 2.05) is 0 Å². The van der Waals surface area contributed by atoms with Crippen molar-refractivity contribution in [2.24, 2.45) is 5.73 Å². The van der Waals surface area contributed by atoms with Gasteiger partial charge in [-0.05, 0) is 33.8 Å². The molecule has 1 aromatic rings. The Morgan fingerprint density at radius 2 is 2.56 bits per heavy atom. The summed E-state index contributed by atoms with van der Waals surface area (Å²) in [4.78, 5) is 3.75. The maximum absolute atomic E-state index is 5.90. The molecule has 2 heterocycles. The molecule has 0 radical (unpaired) electrons. The van der Waals surface area contributed by atoms with E-state index in [0.717, 1.165) is 19.5 Å². The van der Waals surface area contributed by atoms with E-state index in [0.29, 0.717) is 18.7 Å². The summed E-state index contributed by atoms with van der Waals surface area (Å²) < 4.78 is 6.57. The Bertz CT molecular complexity index is 344. The van der Waals surface area contributed by atoms with Crippen LogP contribution in [0.4, 0.5) is 0 Å². The third-order valence-electron chi connectivity index (χ3n) is 3.12. The molecule has 0 saturated carbocycles. The van der Waals surface area contributed by atoms with Gasteiger partial charge in [-0.1, -0.05) is 0 Å². The summed E-state index contributed by atoms with van der Waals surface area (Å²) in [5, 5.41) is 2.10. The summed E-state index contributed by atoms with van der Waals surface area (Å²) >= 11 is 5.35. The second kappa shape index (κ2) is 5.60. The number of nitrogens with two attached hydrogens (primary N) is 1. The molecule has 1 fully saturated rings. The highest BCUT2D eigenvalue weighted by atomic mass is 79.9. The summed E-state index contributed by atoms with van der Waals surface area (Å²) in [5.41, 5.74) is 5.90. The van der Waals surface area contributed by atoms with Gasteiger partial charge in [0.25, 0.3) is 0 Å². The molecule has 1 saturated heterocycles. The fourth-order valence-electron chi connectivity index (χ4n) is 2.19. The molecule has 2 atom stereocenters. The monoisotopic (exact) mass is 304 g/mol. The van der Waals surface area contributed by atoms with Gasteiger partial charge in [-0.15, -0.1) is 11.3 Å². The maximum Gasteiger partial charge on any atom is 0.0710 e. The minimum absolute atomic E-state index is 0.328. The summed E-state index contributed by atoms with van der Waals surface area (Å²) in [5.74, 6) is 0. The van der Waals surface area contributed by atoms with Crippen molar-refractivity contribution >= 4 is 27.3 Å². The molecule has 5 heteroatoms. The smallest absolute Gasteiger partial charge is 0.0710 e. The molecule has 0 amide bonds. The van der Waals surface area contributed by atoms with Crippen LogP contribution in [0.2, 0.25) is 0 Å². The normalized spacial score (nSPS) is 23.8.